The fourth-order valence-corrected chi connectivity index (χ4v) is 1.60. The van der Waals surface area contributed by atoms with Crippen LogP contribution in [0.15, 0.2) is 18.2 Å². The SMILES string of the molecule is CCC(C)[C@H](O)[C@H](N)c1cc(O)cc(O)c1. The first kappa shape index (κ1) is 12.8. The lowest BCUT2D eigenvalue weighted by atomic mass is 9.91. The van der Waals surface area contributed by atoms with Crippen molar-refractivity contribution in [3.8, 4) is 11.5 Å². The monoisotopic (exact) mass is 225 g/mol. The molecule has 3 atom stereocenters. The molecule has 1 aromatic rings. The lowest BCUT2D eigenvalue weighted by Crippen LogP contribution is -2.31. The molecule has 0 spiro atoms. The molecule has 0 aliphatic carbocycles. The van der Waals surface area contributed by atoms with Crippen LogP contribution in [0.2, 0.25) is 0 Å². The molecule has 4 heteroatoms. The van der Waals surface area contributed by atoms with Crippen molar-refractivity contribution in [3.63, 3.8) is 0 Å². The molecule has 0 aromatic heterocycles. The third kappa shape index (κ3) is 2.87. The van der Waals surface area contributed by atoms with Gasteiger partial charge in [0.15, 0.2) is 0 Å². The second kappa shape index (κ2) is 5.18. The number of phenolic OH excluding ortho intramolecular Hbond substituents is 2. The summed E-state index contributed by atoms with van der Waals surface area (Å²) in [6, 6.07) is 3.53. The number of aliphatic hydroxyl groups excluding tert-OH is 1. The second-order valence-corrected chi connectivity index (χ2v) is 4.18. The molecule has 1 unspecified atom stereocenters. The van der Waals surface area contributed by atoms with Crippen molar-refractivity contribution >= 4 is 0 Å². The summed E-state index contributed by atoms with van der Waals surface area (Å²) >= 11 is 0. The summed E-state index contributed by atoms with van der Waals surface area (Å²) in [7, 11) is 0. The first-order valence-corrected chi connectivity index (χ1v) is 5.42. The van der Waals surface area contributed by atoms with Crippen molar-refractivity contribution in [3.05, 3.63) is 23.8 Å². The Kier molecular flexibility index (Phi) is 4.15. The number of aliphatic hydroxyl groups is 1. The van der Waals surface area contributed by atoms with Gasteiger partial charge in [0, 0.05) is 6.07 Å². The van der Waals surface area contributed by atoms with Gasteiger partial charge in [-0.05, 0) is 23.6 Å². The average Bonchev–Trinajstić information content (AvgIpc) is 2.24. The molecule has 0 heterocycles. The fourth-order valence-electron chi connectivity index (χ4n) is 1.60. The van der Waals surface area contributed by atoms with Gasteiger partial charge in [0.05, 0.1) is 12.1 Å². The van der Waals surface area contributed by atoms with Gasteiger partial charge in [0.2, 0.25) is 0 Å². The highest BCUT2D eigenvalue weighted by molar-refractivity contribution is 5.38. The molecule has 0 radical (unpaired) electrons. The molecule has 90 valence electrons. The van der Waals surface area contributed by atoms with Crippen LogP contribution in [0.4, 0.5) is 0 Å². The number of phenols is 2. The van der Waals surface area contributed by atoms with Crippen molar-refractivity contribution in [2.24, 2.45) is 11.7 Å². The van der Waals surface area contributed by atoms with Crippen LogP contribution in [0.5, 0.6) is 11.5 Å². The van der Waals surface area contributed by atoms with E-state index < -0.39 is 12.1 Å². The molecule has 0 fully saturated rings. The van der Waals surface area contributed by atoms with Gasteiger partial charge in [-0.3, -0.25) is 0 Å². The second-order valence-electron chi connectivity index (χ2n) is 4.18. The highest BCUT2D eigenvalue weighted by Crippen LogP contribution is 2.27. The van der Waals surface area contributed by atoms with E-state index in [4.69, 9.17) is 5.73 Å². The average molecular weight is 225 g/mol. The van der Waals surface area contributed by atoms with Gasteiger partial charge in [0.25, 0.3) is 0 Å². The smallest absolute Gasteiger partial charge is 0.119 e. The molecule has 0 aliphatic heterocycles. The van der Waals surface area contributed by atoms with Gasteiger partial charge in [0.1, 0.15) is 11.5 Å². The van der Waals surface area contributed by atoms with Gasteiger partial charge < -0.3 is 21.1 Å². The number of nitrogens with two attached hydrogens (primary N) is 1. The van der Waals surface area contributed by atoms with Crippen molar-refractivity contribution < 1.29 is 15.3 Å². The summed E-state index contributed by atoms with van der Waals surface area (Å²) in [4.78, 5) is 0. The van der Waals surface area contributed by atoms with Gasteiger partial charge in [-0.25, -0.2) is 0 Å². The molecule has 0 saturated carbocycles. The van der Waals surface area contributed by atoms with E-state index in [0.717, 1.165) is 6.42 Å². The zero-order valence-electron chi connectivity index (χ0n) is 9.59. The fraction of sp³-hybridized carbons (Fsp3) is 0.500. The Morgan fingerprint density at radius 2 is 1.69 bits per heavy atom. The van der Waals surface area contributed by atoms with Crippen molar-refractivity contribution in [1.82, 2.24) is 0 Å². The summed E-state index contributed by atoms with van der Waals surface area (Å²) in [5.74, 6) is -0.0388. The molecule has 5 N–H and O–H groups in total. The van der Waals surface area contributed by atoms with E-state index in [2.05, 4.69) is 0 Å². The third-order valence-electron chi connectivity index (χ3n) is 2.90. The van der Waals surface area contributed by atoms with Crippen LogP contribution in [0.1, 0.15) is 31.9 Å². The zero-order valence-corrected chi connectivity index (χ0v) is 9.59. The Morgan fingerprint density at radius 1 is 1.19 bits per heavy atom. The molecule has 4 nitrogen and oxygen atoms in total. The first-order valence-electron chi connectivity index (χ1n) is 5.42. The van der Waals surface area contributed by atoms with Crippen molar-refractivity contribution in [2.75, 3.05) is 0 Å². The van der Waals surface area contributed by atoms with E-state index in [0.29, 0.717) is 5.56 Å². The Bertz CT molecular complexity index is 334. The standard InChI is InChI=1S/C12H19NO3/c1-3-7(2)12(16)11(13)8-4-9(14)6-10(15)5-8/h4-7,11-12,14-16H,3,13H2,1-2H3/t7?,11-,12+/m1/s1. The Labute approximate surface area is 95.3 Å². The molecule has 0 saturated heterocycles. The van der Waals surface area contributed by atoms with E-state index in [1.807, 2.05) is 13.8 Å². The minimum absolute atomic E-state index is 0.0539. The van der Waals surface area contributed by atoms with Crippen LogP contribution in [0.3, 0.4) is 0 Å². The highest BCUT2D eigenvalue weighted by atomic mass is 16.3. The molecule has 1 rings (SSSR count). The number of hydrogen-bond acceptors (Lipinski definition) is 4. The van der Waals surface area contributed by atoms with Crippen LogP contribution >= 0.6 is 0 Å². The molecule has 1 aromatic carbocycles. The van der Waals surface area contributed by atoms with Crippen LogP contribution in [-0.4, -0.2) is 21.4 Å². The highest BCUT2D eigenvalue weighted by Gasteiger charge is 2.22. The molecule has 16 heavy (non-hydrogen) atoms. The zero-order chi connectivity index (χ0) is 12.3. The van der Waals surface area contributed by atoms with Gasteiger partial charge in [-0.1, -0.05) is 20.3 Å². The van der Waals surface area contributed by atoms with Gasteiger partial charge in [-0.15, -0.1) is 0 Å². The lowest BCUT2D eigenvalue weighted by Gasteiger charge is -2.24. The Morgan fingerprint density at radius 3 is 2.12 bits per heavy atom. The van der Waals surface area contributed by atoms with Crippen molar-refractivity contribution in [2.45, 2.75) is 32.4 Å². The normalized spacial score (nSPS) is 16.8. The van der Waals surface area contributed by atoms with Crippen LogP contribution < -0.4 is 5.73 Å². The number of rotatable bonds is 4. The summed E-state index contributed by atoms with van der Waals surface area (Å²) in [6.07, 6.45) is 0.130. The van der Waals surface area contributed by atoms with Gasteiger partial charge >= 0.3 is 0 Å². The quantitative estimate of drug-likeness (QED) is 0.625. The molecule has 0 aliphatic rings. The Balaban J connectivity index is 2.91. The minimum atomic E-state index is -0.689. The first-order chi connectivity index (χ1) is 7.45. The number of aromatic hydroxyl groups is 2. The van der Waals surface area contributed by atoms with E-state index in [9.17, 15) is 15.3 Å². The maximum absolute atomic E-state index is 9.93. The van der Waals surface area contributed by atoms with E-state index in [1.165, 1.54) is 18.2 Å². The van der Waals surface area contributed by atoms with Crippen LogP contribution in [0, 0.1) is 5.92 Å². The molecular weight excluding hydrogens is 206 g/mol. The topological polar surface area (TPSA) is 86.7 Å². The number of hydrogen-bond donors (Lipinski definition) is 4. The third-order valence-corrected chi connectivity index (χ3v) is 2.90. The predicted octanol–water partition coefficient (Wildman–Crippen LogP) is 1.50. The minimum Gasteiger partial charge on any atom is -0.508 e. The van der Waals surface area contributed by atoms with Crippen LogP contribution in [0.25, 0.3) is 0 Å². The summed E-state index contributed by atoms with van der Waals surface area (Å²) in [5, 5.41) is 28.6. The maximum atomic E-state index is 9.93. The summed E-state index contributed by atoms with van der Waals surface area (Å²) in [5.41, 5.74) is 6.41. The van der Waals surface area contributed by atoms with Gasteiger partial charge in [-0.2, -0.15) is 0 Å². The number of benzene rings is 1. The summed E-state index contributed by atoms with van der Waals surface area (Å²) < 4.78 is 0. The van der Waals surface area contributed by atoms with Crippen LogP contribution in [-0.2, 0) is 0 Å². The summed E-state index contributed by atoms with van der Waals surface area (Å²) in [6.45, 7) is 3.88. The Hall–Kier alpha value is -1.26. The maximum Gasteiger partial charge on any atom is 0.119 e. The van der Waals surface area contributed by atoms with Crippen molar-refractivity contribution in [1.29, 1.82) is 0 Å². The lowest BCUT2D eigenvalue weighted by molar-refractivity contribution is 0.0878. The van der Waals surface area contributed by atoms with E-state index in [1.54, 1.807) is 0 Å². The molecular formula is C12H19NO3. The van der Waals surface area contributed by atoms with E-state index >= 15 is 0 Å². The predicted molar refractivity (Wildman–Crippen MR) is 62.2 cm³/mol. The molecule has 0 bridgehead atoms. The van der Waals surface area contributed by atoms with E-state index in [-0.39, 0.29) is 17.4 Å². The largest absolute Gasteiger partial charge is 0.508 e. The molecule has 0 amide bonds.